The molecule has 0 N–H and O–H groups in total. The minimum Gasteiger partial charge on any atom is -0.289 e. The molecule has 46 heavy (non-hydrogen) atoms. The molecule has 2 rings (SSSR count). The highest BCUT2D eigenvalue weighted by molar-refractivity contribution is 7.00. The SMILES string of the molecule is [CH2]CCCCCCCCCC[C](OOC(=O)c1ccc([Si](C=C)(C=C)CC)cc1)OOC(=O)c1ccc([Si](C=C)(C=C)CC)cc1. The standard InChI is InChI=1S/C38H52O6Si2/c1-8-15-16-17-18-19-20-21-22-23-36(41-43-37(39)32-24-28-34(29-25-32)45(9-2,10-3)11-4)42-44-38(40)33-26-30-35(31-27-33)46(12-5,13-6)14-7/h9-10,12-13,24-31H,1-3,5-6,8,11,14-23H2,4,7H3. The summed E-state index contributed by atoms with van der Waals surface area (Å²) in [7, 11) is -4.05. The van der Waals surface area contributed by atoms with E-state index >= 15 is 0 Å². The largest absolute Gasteiger partial charge is 0.373 e. The van der Waals surface area contributed by atoms with Crippen molar-refractivity contribution >= 4 is 38.5 Å². The van der Waals surface area contributed by atoms with Gasteiger partial charge in [0.15, 0.2) is 0 Å². The van der Waals surface area contributed by atoms with Crippen molar-refractivity contribution in [3.8, 4) is 0 Å². The summed E-state index contributed by atoms with van der Waals surface area (Å²) in [5.74, 6) is -1.38. The molecule has 0 unspecified atom stereocenters. The van der Waals surface area contributed by atoms with Gasteiger partial charge in [-0.25, -0.2) is 9.59 Å². The number of carbonyl (C=O) groups is 2. The van der Waals surface area contributed by atoms with E-state index in [1.165, 1.54) is 25.7 Å². The highest BCUT2D eigenvalue weighted by atomic mass is 28.3. The van der Waals surface area contributed by atoms with E-state index in [9.17, 15) is 9.59 Å². The fraction of sp³-hybridized carbons (Fsp3) is 0.368. The van der Waals surface area contributed by atoms with E-state index in [1.807, 2.05) is 47.1 Å². The van der Waals surface area contributed by atoms with Crippen LogP contribution in [-0.2, 0) is 19.6 Å². The molecule has 0 aliphatic heterocycles. The normalized spacial score (nSPS) is 11.6. The maximum Gasteiger partial charge on any atom is 0.373 e. The molecule has 6 nitrogen and oxygen atoms in total. The van der Waals surface area contributed by atoms with Crippen LogP contribution in [0.3, 0.4) is 0 Å². The Labute approximate surface area is 279 Å². The van der Waals surface area contributed by atoms with Gasteiger partial charge in [0.1, 0.15) is 16.1 Å². The molecule has 2 aromatic rings. The van der Waals surface area contributed by atoms with E-state index in [-0.39, 0.29) is 6.29 Å². The lowest BCUT2D eigenvalue weighted by atomic mass is 10.1. The summed E-state index contributed by atoms with van der Waals surface area (Å²) in [6.45, 7) is 24.1. The third-order valence-corrected chi connectivity index (χ3v) is 16.8. The lowest BCUT2D eigenvalue weighted by Gasteiger charge is -2.23. The minimum atomic E-state index is -2.03. The van der Waals surface area contributed by atoms with Gasteiger partial charge in [0.05, 0.1) is 11.1 Å². The van der Waals surface area contributed by atoms with Crippen molar-refractivity contribution in [1.82, 2.24) is 0 Å². The average molecular weight is 661 g/mol. The van der Waals surface area contributed by atoms with Crippen LogP contribution in [0.4, 0.5) is 0 Å². The molecule has 0 spiro atoms. The van der Waals surface area contributed by atoms with Gasteiger partial charge in [0.25, 0.3) is 0 Å². The quantitative estimate of drug-likeness (QED) is 0.0484. The summed E-state index contributed by atoms with van der Waals surface area (Å²) < 4.78 is 0. The first-order valence-electron chi connectivity index (χ1n) is 16.5. The number of hydrogen-bond acceptors (Lipinski definition) is 6. The van der Waals surface area contributed by atoms with Crippen molar-refractivity contribution in [2.45, 2.75) is 90.1 Å². The van der Waals surface area contributed by atoms with Gasteiger partial charge in [-0.15, -0.1) is 36.1 Å². The van der Waals surface area contributed by atoms with Gasteiger partial charge in [-0.05, 0) is 42.8 Å². The van der Waals surface area contributed by atoms with Crippen molar-refractivity contribution in [2.75, 3.05) is 0 Å². The molecule has 2 radical (unpaired) electrons. The summed E-state index contributed by atoms with van der Waals surface area (Å²) in [6.07, 6.45) is 9.85. The summed E-state index contributed by atoms with van der Waals surface area (Å²) >= 11 is 0. The van der Waals surface area contributed by atoms with Crippen molar-refractivity contribution in [3.63, 3.8) is 0 Å². The highest BCUT2D eigenvalue weighted by Gasteiger charge is 2.28. The number of benzene rings is 2. The zero-order chi connectivity index (χ0) is 33.8. The van der Waals surface area contributed by atoms with Gasteiger partial charge in [0.2, 0.25) is 0 Å². The van der Waals surface area contributed by atoms with Gasteiger partial charge in [-0.2, -0.15) is 0 Å². The second-order valence-corrected chi connectivity index (χ2v) is 19.8. The average Bonchev–Trinajstić information content (AvgIpc) is 3.10. The molecule has 0 saturated carbocycles. The Kier molecular flexibility index (Phi) is 17.5. The van der Waals surface area contributed by atoms with E-state index in [4.69, 9.17) is 19.6 Å². The monoisotopic (exact) mass is 660 g/mol. The van der Waals surface area contributed by atoms with Crippen LogP contribution in [0.15, 0.2) is 97.6 Å². The lowest BCUT2D eigenvalue weighted by Crippen LogP contribution is -2.43. The Bertz CT molecular complexity index is 1150. The molecule has 0 aliphatic carbocycles. The van der Waals surface area contributed by atoms with Crippen LogP contribution >= 0.6 is 0 Å². The van der Waals surface area contributed by atoms with Crippen molar-refractivity contribution in [3.05, 3.63) is 122 Å². The Hall–Kier alpha value is -3.31. The number of hydrogen-bond donors (Lipinski definition) is 0. The molecule has 2 aromatic carbocycles. The molecule has 0 atom stereocenters. The summed E-state index contributed by atoms with van der Waals surface area (Å²) in [5, 5.41) is 2.21. The van der Waals surface area contributed by atoms with Crippen LogP contribution in [-0.4, -0.2) is 28.1 Å². The summed E-state index contributed by atoms with van der Waals surface area (Å²) in [6, 6.07) is 16.2. The maximum absolute atomic E-state index is 12.8. The molecule has 0 heterocycles. The van der Waals surface area contributed by atoms with Crippen LogP contribution in [0, 0.1) is 13.2 Å². The van der Waals surface area contributed by atoms with E-state index in [0.29, 0.717) is 24.0 Å². The van der Waals surface area contributed by atoms with E-state index in [1.54, 1.807) is 24.3 Å². The predicted octanol–water partition coefficient (Wildman–Crippen LogP) is 9.04. The molecule has 0 aliphatic rings. The predicted molar refractivity (Wildman–Crippen MR) is 193 cm³/mol. The third kappa shape index (κ3) is 11.2. The molecule has 248 valence electrons. The molecule has 0 fully saturated rings. The Balaban J connectivity index is 2.02. The second-order valence-electron chi connectivity index (χ2n) is 11.5. The highest BCUT2D eigenvalue weighted by Crippen LogP contribution is 2.21. The van der Waals surface area contributed by atoms with E-state index in [0.717, 1.165) is 48.1 Å². The molecule has 0 amide bonds. The van der Waals surface area contributed by atoms with Crippen LogP contribution in [0.5, 0.6) is 0 Å². The van der Waals surface area contributed by atoms with Gasteiger partial charge in [0, 0.05) is 6.42 Å². The first-order chi connectivity index (χ1) is 22.3. The first kappa shape index (κ1) is 38.9. The van der Waals surface area contributed by atoms with Crippen LogP contribution in [0.1, 0.15) is 98.8 Å². The van der Waals surface area contributed by atoms with Crippen LogP contribution in [0.25, 0.3) is 0 Å². The number of unbranched alkanes of at least 4 members (excludes halogenated alkanes) is 8. The van der Waals surface area contributed by atoms with E-state index in [2.05, 4.69) is 47.1 Å². The Morgan fingerprint density at radius 3 is 1.24 bits per heavy atom. The van der Waals surface area contributed by atoms with Gasteiger partial charge in [-0.3, -0.25) is 9.78 Å². The van der Waals surface area contributed by atoms with Crippen molar-refractivity contribution in [1.29, 1.82) is 0 Å². The fourth-order valence-electron chi connectivity index (χ4n) is 5.33. The van der Waals surface area contributed by atoms with Crippen LogP contribution in [0.2, 0.25) is 12.1 Å². The summed E-state index contributed by atoms with van der Waals surface area (Å²) in [5.41, 5.74) is 8.57. The molecule has 0 saturated heterocycles. The number of rotatable bonds is 24. The Morgan fingerprint density at radius 1 is 0.565 bits per heavy atom. The van der Waals surface area contributed by atoms with Gasteiger partial charge < -0.3 is 0 Å². The Morgan fingerprint density at radius 2 is 0.913 bits per heavy atom. The first-order valence-corrected chi connectivity index (χ1v) is 21.2. The summed E-state index contributed by atoms with van der Waals surface area (Å²) in [4.78, 5) is 46.5. The van der Waals surface area contributed by atoms with Crippen molar-refractivity contribution < 1.29 is 29.1 Å². The van der Waals surface area contributed by atoms with Gasteiger partial charge in [-0.1, -0.05) is 130 Å². The fourth-order valence-corrected chi connectivity index (χ4v) is 10.1. The minimum absolute atomic E-state index is 0.100. The molecule has 0 aromatic heterocycles. The van der Waals surface area contributed by atoms with E-state index < -0.39 is 28.1 Å². The van der Waals surface area contributed by atoms with Gasteiger partial charge >= 0.3 is 18.2 Å². The molecular weight excluding hydrogens is 609 g/mol. The third-order valence-electron chi connectivity index (χ3n) is 8.74. The zero-order valence-corrected chi connectivity index (χ0v) is 29.9. The topological polar surface area (TPSA) is 71.1 Å². The molecular formula is C38H52O6Si2. The number of carbonyl (C=O) groups excluding carboxylic acids is 2. The van der Waals surface area contributed by atoms with Crippen molar-refractivity contribution in [2.24, 2.45) is 0 Å². The lowest BCUT2D eigenvalue weighted by molar-refractivity contribution is -0.363. The maximum atomic E-state index is 12.8. The molecule has 0 bridgehead atoms. The van der Waals surface area contributed by atoms with Crippen LogP contribution < -0.4 is 10.4 Å². The smallest absolute Gasteiger partial charge is 0.289 e. The molecule has 8 heteroatoms. The second kappa shape index (κ2) is 20.7. The zero-order valence-electron chi connectivity index (χ0n) is 27.9.